The number of phenols is 1. The van der Waals surface area contributed by atoms with Gasteiger partial charge in [-0.05, 0) is 17.5 Å². The summed E-state index contributed by atoms with van der Waals surface area (Å²) in [6, 6.07) is 3.63. The second-order valence-electron chi connectivity index (χ2n) is 4.95. The lowest BCUT2D eigenvalue weighted by Crippen LogP contribution is -2.20. The molecule has 1 aromatic rings. The van der Waals surface area contributed by atoms with Crippen LogP contribution in [-0.4, -0.2) is 11.0 Å². The average Bonchev–Trinajstić information content (AvgIpc) is 2.06. The lowest BCUT2D eigenvalue weighted by atomic mass is 9.92. The molecule has 4 heteroatoms. The van der Waals surface area contributed by atoms with E-state index in [0.29, 0.717) is 6.42 Å². The Labute approximate surface area is 94.3 Å². The molecule has 0 fully saturated rings. The van der Waals surface area contributed by atoms with E-state index >= 15 is 0 Å². The molecule has 0 saturated carbocycles. The molecular formula is C12H16FNO2. The van der Waals surface area contributed by atoms with Crippen molar-refractivity contribution in [2.75, 3.05) is 5.32 Å². The third-order valence-electron chi connectivity index (χ3n) is 1.92. The average molecular weight is 225 g/mol. The molecule has 1 amide bonds. The third kappa shape index (κ3) is 3.88. The van der Waals surface area contributed by atoms with Crippen molar-refractivity contribution in [2.24, 2.45) is 5.41 Å². The Morgan fingerprint density at radius 2 is 2.06 bits per heavy atom. The van der Waals surface area contributed by atoms with Gasteiger partial charge in [0.2, 0.25) is 5.91 Å². The van der Waals surface area contributed by atoms with Crippen LogP contribution in [0.4, 0.5) is 10.1 Å². The lowest BCUT2D eigenvalue weighted by molar-refractivity contribution is -0.117. The summed E-state index contributed by atoms with van der Waals surface area (Å²) in [6.07, 6.45) is 0.313. The fraction of sp³-hybridized carbons (Fsp3) is 0.417. The Kier molecular flexibility index (Phi) is 3.52. The third-order valence-corrected chi connectivity index (χ3v) is 1.92. The SMILES string of the molecule is CC(C)(C)CC(=O)Nc1ccc(O)cc1F. The van der Waals surface area contributed by atoms with Gasteiger partial charge in [-0.3, -0.25) is 4.79 Å². The van der Waals surface area contributed by atoms with Crippen LogP contribution in [0.25, 0.3) is 0 Å². The van der Waals surface area contributed by atoms with Crippen LogP contribution in [0.2, 0.25) is 0 Å². The molecule has 16 heavy (non-hydrogen) atoms. The largest absolute Gasteiger partial charge is 0.508 e. The Bertz CT molecular complexity index is 396. The van der Waals surface area contributed by atoms with E-state index < -0.39 is 5.82 Å². The predicted molar refractivity (Wildman–Crippen MR) is 60.8 cm³/mol. The first-order chi connectivity index (χ1) is 7.28. The van der Waals surface area contributed by atoms with Crippen LogP contribution in [0, 0.1) is 11.2 Å². The first-order valence-electron chi connectivity index (χ1n) is 5.06. The fourth-order valence-corrected chi connectivity index (χ4v) is 1.28. The first kappa shape index (κ1) is 12.5. The van der Waals surface area contributed by atoms with Crippen LogP contribution in [0.15, 0.2) is 18.2 Å². The van der Waals surface area contributed by atoms with Crippen LogP contribution in [-0.2, 0) is 4.79 Å². The van der Waals surface area contributed by atoms with E-state index in [9.17, 15) is 9.18 Å². The molecule has 2 N–H and O–H groups in total. The van der Waals surface area contributed by atoms with Gasteiger partial charge < -0.3 is 10.4 Å². The van der Waals surface area contributed by atoms with E-state index in [0.717, 1.165) is 6.07 Å². The van der Waals surface area contributed by atoms with Crippen LogP contribution in [0.1, 0.15) is 27.2 Å². The molecule has 0 radical (unpaired) electrons. The summed E-state index contributed by atoms with van der Waals surface area (Å²) in [6.45, 7) is 5.79. The van der Waals surface area contributed by atoms with E-state index in [-0.39, 0.29) is 22.8 Å². The molecule has 88 valence electrons. The van der Waals surface area contributed by atoms with Crippen molar-refractivity contribution in [3.63, 3.8) is 0 Å². The summed E-state index contributed by atoms with van der Waals surface area (Å²) in [5, 5.41) is 11.5. The number of benzene rings is 1. The summed E-state index contributed by atoms with van der Waals surface area (Å²) in [5.41, 5.74) is -0.0515. The minimum Gasteiger partial charge on any atom is -0.508 e. The maximum absolute atomic E-state index is 13.3. The van der Waals surface area contributed by atoms with E-state index in [4.69, 9.17) is 5.11 Å². The van der Waals surface area contributed by atoms with Gasteiger partial charge in [-0.2, -0.15) is 0 Å². The second-order valence-corrected chi connectivity index (χ2v) is 4.95. The minimum atomic E-state index is -0.637. The van der Waals surface area contributed by atoms with Crippen LogP contribution in [0.3, 0.4) is 0 Å². The van der Waals surface area contributed by atoms with Gasteiger partial charge in [-0.1, -0.05) is 20.8 Å². The molecule has 0 bridgehead atoms. The fourth-order valence-electron chi connectivity index (χ4n) is 1.28. The summed E-state index contributed by atoms with van der Waals surface area (Å²) in [7, 11) is 0. The standard InChI is InChI=1S/C12H16FNO2/c1-12(2,3)7-11(16)14-10-5-4-8(15)6-9(10)13/h4-6,15H,7H2,1-3H3,(H,14,16). The molecule has 0 unspecified atom stereocenters. The van der Waals surface area contributed by atoms with Gasteiger partial charge in [-0.15, -0.1) is 0 Å². The number of aromatic hydroxyl groups is 1. The summed E-state index contributed by atoms with van der Waals surface area (Å²) in [4.78, 5) is 11.5. The van der Waals surface area contributed by atoms with Gasteiger partial charge in [0.05, 0.1) is 5.69 Å². The van der Waals surface area contributed by atoms with E-state index in [1.54, 1.807) is 0 Å². The monoisotopic (exact) mass is 225 g/mol. The van der Waals surface area contributed by atoms with E-state index in [2.05, 4.69) is 5.32 Å². The number of halogens is 1. The van der Waals surface area contributed by atoms with Crippen molar-refractivity contribution >= 4 is 11.6 Å². The molecule has 0 aromatic heterocycles. The molecule has 0 spiro atoms. The highest BCUT2D eigenvalue weighted by atomic mass is 19.1. The number of hydrogen-bond donors (Lipinski definition) is 2. The smallest absolute Gasteiger partial charge is 0.224 e. The topological polar surface area (TPSA) is 49.3 Å². The number of rotatable bonds is 2. The van der Waals surface area contributed by atoms with Gasteiger partial charge in [0.25, 0.3) is 0 Å². The Balaban J connectivity index is 2.70. The zero-order valence-corrected chi connectivity index (χ0v) is 9.67. The number of carbonyl (C=O) groups excluding carboxylic acids is 1. The van der Waals surface area contributed by atoms with E-state index in [1.807, 2.05) is 20.8 Å². The molecule has 0 heterocycles. The van der Waals surface area contributed by atoms with Gasteiger partial charge in [0.15, 0.2) is 0 Å². The highest BCUT2D eigenvalue weighted by Crippen LogP contribution is 2.22. The Hall–Kier alpha value is -1.58. The van der Waals surface area contributed by atoms with Crippen LogP contribution < -0.4 is 5.32 Å². The van der Waals surface area contributed by atoms with Crippen molar-refractivity contribution in [2.45, 2.75) is 27.2 Å². The molecule has 1 aromatic carbocycles. The number of hydrogen-bond acceptors (Lipinski definition) is 2. The van der Waals surface area contributed by atoms with Gasteiger partial charge in [0, 0.05) is 12.5 Å². The maximum Gasteiger partial charge on any atom is 0.224 e. The van der Waals surface area contributed by atoms with Gasteiger partial charge in [0.1, 0.15) is 11.6 Å². The van der Waals surface area contributed by atoms with Gasteiger partial charge >= 0.3 is 0 Å². The van der Waals surface area contributed by atoms with Crippen molar-refractivity contribution in [1.82, 2.24) is 0 Å². The van der Waals surface area contributed by atoms with E-state index in [1.165, 1.54) is 12.1 Å². The summed E-state index contributed by atoms with van der Waals surface area (Å²) < 4.78 is 13.3. The number of anilines is 1. The molecule has 0 aliphatic heterocycles. The molecule has 0 aliphatic carbocycles. The summed E-state index contributed by atoms with van der Waals surface area (Å²) >= 11 is 0. The predicted octanol–water partition coefficient (Wildman–Crippen LogP) is 2.91. The maximum atomic E-state index is 13.3. The normalized spacial score (nSPS) is 11.2. The lowest BCUT2D eigenvalue weighted by Gasteiger charge is -2.17. The molecule has 3 nitrogen and oxygen atoms in total. The quantitative estimate of drug-likeness (QED) is 0.760. The van der Waals surface area contributed by atoms with Crippen molar-refractivity contribution in [3.05, 3.63) is 24.0 Å². The Morgan fingerprint density at radius 1 is 1.44 bits per heavy atom. The van der Waals surface area contributed by atoms with Crippen LogP contribution in [0.5, 0.6) is 5.75 Å². The number of amides is 1. The zero-order chi connectivity index (χ0) is 12.3. The molecular weight excluding hydrogens is 209 g/mol. The van der Waals surface area contributed by atoms with Crippen molar-refractivity contribution in [1.29, 1.82) is 0 Å². The minimum absolute atomic E-state index is 0.0899. The number of phenolic OH excluding ortho intramolecular Hbond substituents is 1. The van der Waals surface area contributed by atoms with Crippen LogP contribution >= 0.6 is 0 Å². The van der Waals surface area contributed by atoms with Crippen molar-refractivity contribution in [3.8, 4) is 5.75 Å². The first-order valence-corrected chi connectivity index (χ1v) is 5.06. The number of nitrogens with one attached hydrogen (secondary N) is 1. The highest BCUT2D eigenvalue weighted by molar-refractivity contribution is 5.91. The zero-order valence-electron chi connectivity index (χ0n) is 9.67. The molecule has 0 saturated heterocycles. The highest BCUT2D eigenvalue weighted by Gasteiger charge is 2.16. The summed E-state index contributed by atoms with van der Waals surface area (Å²) in [5.74, 6) is -1.04. The second kappa shape index (κ2) is 4.51. The molecule has 0 aliphatic rings. The van der Waals surface area contributed by atoms with Gasteiger partial charge in [-0.25, -0.2) is 4.39 Å². The number of carbonyl (C=O) groups is 1. The molecule has 1 rings (SSSR count). The van der Waals surface area contributed by atoms with Crippen molar-refractivity contribution < 1.29 is 14.3 Å². The molecule has 0 atom stereocenters. The Morgan fingerprint density at radius 3 is 2.56 bits per heavy atom.